The summed E-state index contributed by atoms with van der Waals surface area (Å²) in [6.07, 6.45) is -4.90. The fourth-order valence-electron chi connectivity index (χ4n) is 2.45. The van der Waals surface area contributed by atoms with Gasteiger partial charge in [0.2, 0.25) is 0 Å². The van der Waals surface area contributed by atoms with Gasteiger partial charge in [0.1, 0.15) is 0 Å². The molecule has 0 saturated carbocycles. The Morgan fingerprint density at radius 2 is 1.54 bits per heavy atom. The van der Waals surface area contributed by atoms with Crippen molar-refractivity contribution in [1.29, 1.82) is 0 Å². The molecule has 0 fully saturated rings. The molecule has 3 nitrogen and oxygen atoms in total. The van der Waals surface area contributed by atoms with Crippen molar-refractivity contribution >= 4 is 5.91 Å². The topological polar surface area (TPSA) is 38.3 Å². The molecule has 0 spiro atoms. The lowest BCUT2D eigenvalue weighted by Crippen LogP contribution is -2.56. The molecule has 0 heterocycles. The van der Waals surface area contributed by atoms with Gasteiger partial charge >= 0.3 is 6.18 Å². The summed E-state index contributed by atoms with van der Waals surface area (Å²) >= 11 is 0. The highest BCUT2D eigenvalue weighted by Crippen LogP contribution is 2.42. The van der Waals surface area contributed by atoms with E-state index in [1.807, 2.05) is 0 Å². The van der Waals surface area contributed by atoms with Gasteiger partial charge in [-0.2, -0.15) is 13.2 Å². The second kappa shape index (κ2) is 7.49. The Bertz CT molecular complexity index is 659. The van der Waals surface area contributed by atoms with Gasteiger partial charge in [0, 0.05) is 18.7 Å². The lowest BCUT2D eigenvalue weighted by molar-refractivity contribution is -0.272. The number of hydrogen-bond acceptors (Lipinski definition) is 2. The molecular formula is C18H18F3NO2. The molecule has 0 aromatic heterocycles. The van der Waals surface area contributed by atoms with Crippen molar-refractivity contribution < 1.29 is 22.7 Å². The number of carbonyl (C=O) groups excluding carboxylic acids is 1. The third-order valence-corrected chi connectivity index (χ3v) is 3.56. The molecule has 1 atom stereocenters. The van der Waals surface area contributed by atoms with Crippen LogP contribution in [0.15, 0.2) is 60.7 Å². The van der Waals surface area contributed by atoms with Crippen molar-refractivity contribution in [2.24, 2.45) is 0 Å². The maximum Gasteiger partial charge on any atom is 0.430 e. The summed E-state index contributed by atoms with van der Waals surface area (Å²) in [5, 5.41) is 2.35. The van der Waals surface area contributed by atoms with Crippen LogP contribution in [0.4, 0.5) is 13.2 Å². The van der Waals surface area contributed by atoms with E-state index in [1.165, 1.54) is 31.2 Å². The number of nitrogens with one attached hydrogen (secondary N) is 1. The van der Waals surface area contributed by atoms with Gasteiger partial charge in [0.25, 0.3) is 11.5 Å². The molecule has 0 saturated heterocycles. The zero-order valence-electron chi connectivity index (χ0n) is 13.1. The van der Waals surface area contributed by atoms with Gasteiger partial charge in [-0.1, -0.05) is 60.7 Å². The molecule has 0 aliphatic rings. The van der Waals surface area contributed by atoms with Gasteiger partial charge in [0.15, 0.2) is 0 Å². The summed E-state index contributed by atoms with van der Waals surface area (Å²) in [6, 6.07) is 15.7. The number of rotatable bonds is 6. The zero-order valence-corrected chi connectivity index (χ0v) is 13.1. The Morgan fingerprint density at radius 1 is 1.00 bits per heavy atom. The van der Waals surface area contributed by atoms with Crippen molar-refractivity contribution in [1.82, 2.24) is 5.32 Å². The predicted molar refractivity (Wildman–Crippen MR) is 84.1 cm³/mol. The van der Waals surface area contributed by atoms with Crippen LogP contribution in [-0.4, -0.2) is 18.7 Å². The quantitative estimate of drug-likeness (QED) is 0.871. The number of hydrogen-bond donors (Lipinski definition) is 1. The monoisotopic (exact) mass is 337 g/mol. The number of amides is 1. The molecule has 6 heteroatoms. The van der Waals surface area contributed by atoms with Crippen LogP contribution in [0.1, 0.15) is 18.1 Å². The average molecular weight is 337 g/mol. The number of halogens is 3. The third kappa shape index (κ3) is 3.59. The third-order valence-electron chi connectivity index (χ3n) is 3.56. The van der Waals surface area contributed by atoms with E-state index >= 15 is 0 Å². The lowest BCUT2D eigenvalue weighted by Gasteiger charge is -2.34. The average Bonchev–Trinajstić information content (AvgIpc) is 2.58. The Kier molecular flexibility index (Phi) is 5.62. The van der Waals surface area contributed by atoms with Crippen molar-refractivity contribution in [3.63, 3.8) is 0 Å². The molecule has 0 bridgehead atoms. The maximum absolute atomic E-state index is 13.8. The lowest BCUT2D eigenvalue weighted by atomic mass is 9.91. The minimum atomic E-state index is -4.90. The van der Waals surface area contributed by atoms with Gasteiger partial charge in [-0.05, 0) is 12.5 Å². The molecule has 1 N–H and O–H groups in total. The summed E-state index contributed by atoms with van der Waals surface area (Å²) in [5.74, 6) is -1.23. The highest BCUT2D eigenvalue weighted by atomic mass is 19.4. The molecule has 1 amide bonds. The fraction of sp³-hybridized carbons (Fsp3) is 0.278. The van der Waals surface area contributed by atoms with Crippen LogP contribution in [0.2, 0.25) is 0 Å². The van der Waals surface area contributed by atoms with E-state index in [9.17, 15) is 18.0 Å². The molecule has 1 unspecified atom stereocenters. The maximum atomic E-state index is 13.8. The Balaban J connectivity index is 2.36. The van der Waals surface area contributed by atoms with E-state index in [0.29, 0.717) is 5.56 Å². The van der Waals surface area contributed by atoms with E-state index in [0.717, 1.165) is 0 Å². The predicted octanol–water partition coefficient (Wildman–Crippen LogP) is 3.80. The first-order valence-corrected chi connectivity index (χ1v) is 7.50. The highest BCUT2D eigenvalue weighted by Gasteiger charge is 2.62. The van der Waals surface area contributed by atoms with Gasteiger partial charge in [-0.15, -0.1) is 0 Å². The Morgan fingerprint density at radius 3 is 2.04 bits per heavy atom. The van der Waals surface area contributed by atoms with Crippen LogP contribution in [-0.2, 0) is 21.7 Å². The van der Waals surface area contributed by atoms with Crippen LogP contribution in [0.5, 0.6) is 0 Å². The first kappa shape index (κ1) is 18.0. The largest absolute Gasteiger partial charge is 0.430 e. The molecule has 2 rings (SSSR count). The Hall–Kier alpha value is -2.34. The molecule has 0 aliphatic heterocycles. The van der Waals surface area contributed by atoms with E-state index < -0.39 is 17.7 Å². The summed E-state index contributed by atoms with van der Waals surface area (Å²) < 4.78 is 46.5. The van der Waals surface area contributed by atoms with E-state index in [2.05, 4.69) is 5.32 Å². The molecule has 0 radical (unpaired) electrons. The number of ether oxygens (including phenoxy) is 1. The molecular weight excluding hydrogens is 319 g/mol. The smallest absolute Gasteiger partial charge is 0.353 e. The molecule has 2 aromatic rings. The normalized spacial score (nSPS) is 14.0. The van der Waals surface area contributed by atoms with Crippen molar-refractivity contribution in [3.05, 3.63) is 71.8 Å². The van der Waals surface area contributed by atoms with Crippen molar-refractivity contribution in [3.8, 4) is 0 Å². The summed E-state index contributed by atoms with van der Waals surface area (Å²) in [6.45, 7) is 1.15. The minimum absolute atomic E-state index is 0.0165. The summed E-state index contributed by atoms with van der Waals surface area (Å²) in [7, 11) is 0. The number of carbonyl (C=O) groups is 1. The van der Waals surface area contributed by atoms with Crippen molar-refractivity contribution in [2.45, 2.75) is 25.2 Å². The first-order chi connectivity index (χ1) is 11.4. The van der Waals surface area contributed by atoms with Crippen LogP contribution in [0.25, 0.3) is 0 Å². The van der Waals surface area contributed by atoms with Gasteiger partial charge < -0.3 is 10.1 Å². The fourth-order valence-corrected chi connectivity index (χ4v) is 2.45. The summed E-state index contributed by atoms with van der Waals surface area (Å²) in [4.78, 5) is 12.5. The van der Waals surface area contributed by atoms with Crippen LogP contribution in [0, 0.1) is 0 Å². The van der Waals surface area contributed by atoms with Gasteiger partial charge in [-0.25, -0.2) is 0 Å². The number of alkyl halides is 3. The number of benzene rings is 2. The standard InChI is InChI=1S/C18H18F3NO2/c1-2-24-17(18(19,20)21,15-11-7-4-8-12-15)16(23)22-13-14-9-5-3-6-10-14/h3-12H,2,13H2,1H3,(H,22,23). The minimum Gasteiger partial charge on any atom is -0.353 e. The second-order valence-corrected chi connectivity index (χ2v) is 5.15. The van der Waals surface area contributed by atoms with E-state index in [-0.39, 0.29) is 18.7 Å². The summed E-state index contributed by atoms with van der Waals surface area (Å²) in [5.41, 5.74) is -2.57. The highest BCUT2D eigenvalue weighted by molar-refractivity contribution is 5.87. The molecule has 2 aromatic carbocycles. The second-order valence-electron chi connectivity index (χ2n) is 5.15. The van der Waals surface area contributed by atoms with E-state index in [1.54, 1.807) is 36.4 Å². The van der Waals surface area contributed by atoms with Crippen molar-refractivity contribution in [2.75, 3.05) is 6.61 Å². The van der Waals surface area contributed by atoms with Crippen LogP contribution in [0.3, 0.4) is 0 Å². The van der Waals surface area contributed by atoms with E-state index in [4.69, 9.17) is 4.74 Å². The van der Waals surface area contributed by atoms with Gasteiger partial charge in [0.05, 0.1) is 0 Å². The Labute approximate surface area is 138 Å². The van der Waals surface area contributed by atoms with Gasteiger partial charge in [-0.3, -0.25) is 4.79 Å². The molecule has 24 heavy (non-hydrogen) atoms. The first-order valence-electron chi connectivity index (χ1n) is 7.50. The van der Waals surface area contributed by atoms with Crippen LogP contribution < -0.4 is 5.32 Å². The zero-order chi connectivity index (χ0) is 17.6. The molecule has 128 valence electrons. The van der Waals surface area contributed by atoms with Crippen LogP contribution >= 0.6 is 0 Å². The SMILES string of the molecule is CCOC(C(=O)NCc1ccccc1)(c1ccccc1)C(F)(F)F. The molecule has 0 aliphatic carbocycles.